The second-order valence-electron chi connectivity index (χ2n) is 8.28. The molecule has 0 bridgehead atoms. The van der Waals surface area contributed by atoms with E-state index < -0.39 is 0 Å². The van der Waals surface area contributed by atoms with Gasteiger partial charge in [-0.15, -0.1) is 0 Å². The molecule has 1 unspecified atom stereocenters. The van der Waals surface area contributed by atoms with Crippen molar-refractivity contribution >= 4 is 11.6 Å². The van der Waals surface area contributed by atoms with Crippen molar-refractivity contribution in [3.05, 3.63) is 70.9 Å². The fourth-order valence-electron chi connectivity index (χ4n) is 3.89. The van der Waals surface area contributed by atoms with Crippen LogP contribution in [0.5, 0.6) is 11.6 Å². The molecule has 0 spiro atoms. The maximum absolute atomic E-state index is 10.5. The summed E-state index contributed by atoms with van der Waals surface area (Å²) < 4.78 is 8.21. The number of halogens is 1. The zero-order chi connectivity index (χ0) is 21.8. The second kappa shape index (κ2) is 9.86. The number of aryl methyl sites for hydroxylation is 1. The average molecular weight is 440 g/mol. The van der Waals surface area contributed by atoms with Crippen LogP contribution in [0.15, 0.2) is 54.6 Å². The van der Waals surface area contributed by atoms with Crippen LogP contribution >= 0.6 is 11.6 Å². The number of nitrogens with zero attached hydrogens (tertiary/aromatic N) is 3. The smallest absolute Gasteiger partial charge is 0.227 e. The molecule has 0 radical (unpaired) electrons. The normalized spacial score (nSPS) is 14.7. The van der Waals surface area contributed by atoms with E-state index in [-0.39, 0.29) is 6.10 Å². The molecule has 0 saturated heterocycles. The van der Waals surface area contributed by atoms with Gasteiger partial charge in [-0.25, -0.2) is 4.68 Å². The lowest BCUT2D eigenvalue weighted by atomic mass is 10.1. The van der Waals surface area contributed by atoms with Gasteiger partial charge in [-0.2, -0.15) is 5.10 Å². The quantitative estimate of drug-likeness (QED) is 0.436. The van der Waals surface area contributed by atoms with E-state index in [2.05, 4.69) is 11.8 Å². The van der Waals surface area contributed by atoms with Gasteiger partial charge in [-0.1, -0.05) is 49.2 Å². The van der Waals surface area contributed by atoms with Gasteiger partial charge in [0.05, 0.1) is 23.0 Å². The first kappa shape index (κ1) is 21.9. The summed E-state index contributed by atoms with van der Waals surface area (Å²) in [5.41, 5.74) is 2.82. The van der Waals surface area contributed by atoms with Crippen molar-refractivity contribution in [1.82, 2.24) is 14.7 Å². The van der Waals surface area contributed by atoms with E-state index in [4.69, 9.17) is 21.4 Å². The van der Waals surface area contributed by atoms with Crippen LogP contribution in [0.1, 0.15) is 43.9 Å². The lowest BCUT2D eigenvalue weighted by Crippen LogP contribution is -2.34. The minimum Gasteiger partial charge on any atom is -0.439 e. The summed E-state index contributed by atoms with van der Waals surface area (Å²) in [6.45, 7) is 5.49. The van der Waals surface area contributed by atoms with Crippen LogP contribution in [0.3, 0.4) is 0 Å². The highest BCUT2D eigenvalue weighted by molar-refractivity contribution is 6.30. The summed E-state index contributed by atoms with van der Waals surface area (Å²) in [5, 5.41) is 15.9. The molecular formula is C25H30ClN3O2. The Balaban J connectivity index is 1.70. The Morgan fingerprint density at radius 1 is 1.19 bits per heavy atom. The summed E-state index contributed by atoms with van der Waals surface area (Å²) >= 11 is 6.26. The zero-order valence-corrected chi connectivity index (χ0v) is 18.9. The summed E-state index contributed by atoms with van der Waals surface area (Å²) in [7, 11) is 0. The molecule has 0 aliphatic heterocycles. The maximum atomic E-state index is 10.5. The van der Waals surface area contributed by atoms with Crippen molar-refractivity contribution in [2.75, 3.05) is 6.54 Å². The van der Waals surface area contributed by atoms with Crippen LogP contribution in [-0.4, -0.2) is 38.5 Å². The third kappa shape index (κ3) is 5.48. The molecule has 4 rings (SSSR count). The van der Waals surface area contributed by atoms with Crippen LogP contribution in [-0.2, 0) is 6.54 Å². The minimum atomic E-state index is -0.313. The predicted molar refractivity (Wildman–Crippen MR) is 124 cm³/mol. The van der Waals surface area contributed by atoms with Crippen molar-refractivity contribution in [3.63, 3.8) is 0 Å². The fourth-order valence-corrected chi connectivity index (χ4v) is 4.07. The first-order chi connectivity index (χ1) is 15.0. The number of hydrogen-bond donors (Lipinski definition) is 1. The van der Waals surface area contributed by atoms with Crippen molar-refractivity contribution in [2.24, 2.45) is 0 Å². The molecule has 1 aliphatic rings. The van der Waals surface area contributed by atoms with E-state index in [0.29, 0.717) is 30.0 Å². The van der Waals surface area contributed by atoms with Gasteiger partial charge >= 0.3 is 0 Å². The standard InChI is InChI=1S/C25H30ClN3O2/c1-3-8-22(30)16-28(20-13-14-20)17-24-18(2)27-29(21-10-7-9-19(26)15-21)25(24)31-23-11-5-4-6-12-23/h4-7,9-12,15,20,22,30H,3,8,13-14,16-17H2,1-2H3. The molecule has 3 aromatic rings. The van der Waals surface area contributed by atoms with Crippen LogP contribution in [0, 0.1) is 6.92 Å². The van der Waals surface area contributed by atoms with Crippen LogP contribution in [0.4, 0.5) is 0 Å². The maximum Gasteiger partial charge on any atom is 0.227 e. The van der Waals surface area contributed by atoms with E-state index >= 15 is 0 Å². The summed E-state index contributed by atoms with van der Waals surface area (Å²) in [5.74, 6) is 1.46. The molecule has 5 nitrogen and oxygen atoms in total. The second-order valence-corrected chi connectivity index (χ2v) is 8.72. The van der Waals surface area contributed by atoms with Gasteiger partial charge in [0.25, 0.3) is 0 Å². The third-order valence-electron chi connectivity index (χ3n) is 5.64. The molecule has 1 atom stereocenters. The molecule has 1 aromatic heterocycles. The lowest BCUT2D eigenvalue weighted by Gasteiger charge is -2.25. The van der Waals surface area contributed by atoms with Crippen molar-refractivity contribution in [1.29, 1.82) is 0 Å². The number of aliphatic hydroxyl groups is 1. The highest BCUT2D eigenvalue weighted by atomic mass is 35.5. The fraction of sp³-hybridized carbons (Fsp3) is 0.400. The van der Waals surface area contributed by atoms with Crippen LogP contribution in [0.2, 0.25) is 5.02 Å². The first-order valence-corrected chi connectivity index (χ1v) is 11.4. The number of hydrogen-bond acceptors (Lipinski definition) is 4. The molecular weight excluding hydrogens is 410 g/mol. The summed E-state index contributed by atoms with van der Waals surface area (Å²) in [4.78, 5) is 2.38. The molecule has 1 N–H and O–H groups in total. The summed E-state index contributed by atoms with van der Waals surface area (Å²) in [6.07, 6.45) is 3.84. The topological polar surface area (TPSA) is 50.5 Å². The highest BCUT2D eigenvalue weighted by Gasteiger charge is 2.32. The van der Waals surface area contributed by atoms with E-state index in [1.165, 1.54) is 12.8 Å². The molecule has 6 heteroatoms. The van der Waals surface area contributed by atoms with Gasteiger partial charge < -0.3 is 9.84 Å². The SMILES string of the molecule is CCCC(O)CN(Cc1c(C)nn(-c2cccc(Cl)c2)c1Oc1ccccc1)C1CC1. The number of para-hydroxylation sites is 1. The monoisotopic (exact) mass is 439 g/mol. The number of aromatic nitrogens is 2. The van der Waals surface area contributed by atoms with E-state index in [0.717, 1.165) is 35.5 Å². The number of aliphatic hydroxyl groups excluding tert-OH is 1. The Hall–Kier alpha value is -2.34. The largest absolute Gasteiger partial charge is 0.439 e. The summed E-state index contributed by atoms with van der Waals surface area (Å²) in [6, 6.07) is 17.9. The Kier molecular flexibility index (Phi) is 6.96. The Morgan fingerprint density at radius 2 is 1.97 bits per heavy atom. The molecule has 1 fully saturated rings. The highest BCUT2D eigenvalue weighted by Crippen LogP contribution is 2.35. The average Bonchev–Trinajstić information content (AvgIpc) is 3.55. The van der Waals surface area contributed by atoms with Gasteiger partial charge in [-0.3, -0.25) is 4.90 Å². The van der Waals surface area contributed by atoms with Crippen molar-refractivity contribution in [3.8, 4) is 17.3 Å². The lowest BCUT2D eigenvalue weighted by molar-refractivity contribution is 0.0961. The molecule has 1 saturated carbocycles. The van der Waals surface area contributed by atoms with Gasteiger partial charge in [0.2, 0.25) is 5.88 Å². The van der Waals surface area contributed by atoms with Gasteiger partial charge in [0.15, 0.2) is 0 Å². The number of benzene rings is 2. The Morgan fingerprint density at radius 3 is 2.65 bits per heavy atom. The molecule has 31 heavy (non-hydrogen) atoms. The molecule has 0 amide bonds. The number of ether oxygens (including phenoxy) is 1. The predicted octanol–water partition coefficient (Wildman–Crippen LogP) is 5.75. The third-order valence-corrected chi connectivity index (χ3v) is 5.87. The van der Waals surface area contributed by atoms with Crippen LogP contribution < -0.4 is 4.74 Å². The van der Waals surface area contributed by atoms with Gasteiger partial charge in [0, 0.05) is 24.2 Å². The van der Waals surface area contributed by atoms with Gasteiger partial charge in [0.1, 0.15) is 5.75 Å². The van der Waals surface area contributed by atoms with Crippen molar-refractivity contribution in [2.45, 2.75) is 58.2 Å². The molecule has 1 heterocycles. The van der Waals surface area contributed by atoms with Crippen molar-refractivity contribution < 1.29 is 9.84 Å². The molecule has 1 aliphatic carbocycles. The van der Waals surface area contributed by atoms with E-state index in [9.17, 15) is 5.11 Å². The first-order valence-electron chi connectivity index (χ1n) is 11.0. The Labute approximate surface area is 189 Å². The Bertz CT molecular complexity index is 1000. The number of rotatable bonds is 10. The van der Waals surface area contributed by atoms with Gasteiger partial charge in [-0.05, 0) is 56.5 Å². The van der Waals surface area contributed by atoms with E-state index in [1.54, 1.807) is 0 Å². The molecule has 164 valence electrons. The van der Waals surface area contributed by atoms with Crippen LogP contribution in [0.25, 0.3) is 5.69 Å². The zero-order valence-electron chi connectivity index (χ0n) is 18.2. The molecule has 2 aromatic carbocycles. The van der Waals surface area contributed by atoms with E-state index in [1.807, 2.05) is 66.2 Å². The minimum absolute atomic E-state index is 0.313.